The highest BCUT2D eigenvalue weighted by molar-refractivity contribution is 6.04. The Kier molecular flexibility index (Phi) is 7.84. The summed E-state index contributed by atoms with van der Waals surface area (Å²) in [5, 5.41) is 6.25. The number of likely N-dealkylation sites (tertiary alicyclic amines) is 1. The van der Waals surface area contributed by atoms with E-state index in [0.717, 1.165) is 56.4 Å². The van der Waals surface area contributed by atoms with E-state index in [1.807, 2.05) is 51.1 Å². The lowest BCUT2D eigenvalue weighted by molar-refractivity contribution is -0.127. The third kappa shape index (κ3) is 6.26. The van der Waals surface area contributed by atoms with Gasteiger partial charge in [-0.05, 0) is 102 Å². The molecule has 2 fully saturated rings. The van der Waals surface area contributed by atoms with Gasteiger partial charge in [0.2, 0.25) is 11.9 Å². The Bertz CT molecular complexity index is 1260. The van der Waals surface area contributed by atoms with Crippen LogP contribution in [0.1, 0.15) is 87.7 Å². The molecule has 2 heterocycles. The summed E-state index contributed by atoms with van der Waals surface area (Å²) in [6, 6.07) is 16.0. The van der Waals surface area contributed by atoms with Crippen LogP contribution in [0, 0.1) is 5.92 Å². The van der Waals surface area contributed by atoms with Crippen molar-refractivity contribution < 1.29 is 9.59 Å². The van der Waals surface area contributed by atoms with Crippen molar-refractivity contribution >= 4 is 28.8 Å². The van der Waals surface area contributed by atoms with Crippen LogP contribution in [0.2, 0.25) is 0 Å². The highest BCUT2D eigenvalue weighted by atomic mass is 16.2. The third-order valence-electron chi connectivity index (χ3n) is 7.80. The lowest BCUT2D eigenvalue weighted by atomic mass is 9.84. The number of fused-ring (bicyclic) bond motifs is 1. The number of nitrogens with one attached hydrogen (secondary N) is 2. The molecule has 0 atom stereocenters. The first-order valence-electron chi connectivity index (χ1n) is 14.2. The molecule has 2 aromatic carbocycles. The summed E-state index contributed by atoms with van der Waals surface area (Å²) in [4.78, 5) is 33.3. The number of piperidine rings is 1. The number of imidazole rings is 1. The maximum Gasteiger partial charge on any atom is 0.257 e. The number of anilines is 1. The van der Waals surface area contributed by atoms with Crippen molar-refractivity contribution in [3.8, 4) is 0 Å². The molecule has 0 bridgehead atoms. The van der Waals surface area contributed by atoms with Crippen LogP contribution >= 0.6 is 0 Å². The van der Waals surface area contributed by atoms with E-state index in [-0.39, 0.29) is 29.3 Å². The van der Waals surface area contributed by atoms with E-state index in [4.69, 9.17) is 4.98 Å². The second-order valence-corrected chi connectivity index (χ2v) is 12.0. The van der Waals surface area contributed by atoms with Crippen LogP contribution < -0.4 is 10.6 Å². The van der Waals surface area contributed by atoms with Crippen molar-refractivity contribution in [2.24, 2.45) is 5.92 Å². The van der Waals surface area contributed by atoms with Gasteiger partial charge in [-0.25, -0.2) is 4.98 Å². The lowest BCUT2D eigenvalue weighted by Crippen LogP contribution is -2.44. The average molecular weight is 516 g/mol. The summed E-state index contributed by atoms with van der Waals surface area (Å²) in [6.07, 6.45) is 7.25. The van der Waals surface area contributed by atoms with Crippen molar-refractivity contribution in [2.75, 3.05) is 18.4 Å². The number of benzene rings is 2. The molecule has 1 aliphatic heterocycles. The number of hydrogen-bond acceptors (Lipinski definition) is 4. The Morgan fingerprint density at radius 1 is 0.947 bits per heavy atom. The minimum Gasteiger partial charge on any atom is -0.351 e. The van der Waals surface area contributed by atoms with Crippen molar-refractivity contribution in [1.29, 1.82) is 0 Å². The van der Waals surface area contributed by atoms with E-state index in [9.17, 15) is 9.59 Å². The number of hydrogen-bond donors (Lipinski definition) is 2. The predicted octanol–water partition coefficient (Wildman–Crippen LogP) is 5.92. The minimum atomic E-state index is -0.228. The fraction of sp³-hybridized carbons (Fsp3) is 0.516. The first kappa shape index (κ1) is 26.4. The van der Waals surface area contributed by atoms with Crippen LogP contribution in [0.3, 0.4) is 0 Å². The Morgan fingerprint density at radius 3 is 2.34 bits per heavy atom. The van der Waals surface area contributed by atoms with Crippen LogP contribution in [0.4, 0.5) is 5.95 Å². The Hall–Kier alpha value is -3.19. The number of carbonyl (C=O) groups is 2. The van der Waals surface area contributed by atoms with E-state index in [2.05, 4.69) is 38.3 Å². The van der Waals surface area contributed by atoms with Gasteiger partial charge in [0.25, 0.3) is 5.91 Å². The number of carbonyl (C=O) groups excluding carboxylic acids is 2. The molecule has 202 valence electrons. The minimum absolute atomic E-state index is 0.0253. The number of rotatable bonds is 6. The summed E-state index contributed by atoms with van der Waals surface area (Å²) in [6.45, 7) is 9.31. The largest absolute Gasteiger partial charge is 0.351 e. The van der Waals surface area contributed by atoms with Gasteiger partial charge in [0.15, 0.2) is 0 Å². The highest BCUT2D eigenvalue weighted by Gasteiger charge is 2.31. The number of nitrogens with zero attached hydrogens (tertiary/aromatic N) is 3. The van der Waals surface area contributed by atoms with Crippen LogP contribution in [-0.4, -0.2) is 44.9 Å². The SMILES string of the molecule is CC(C)(C)NC(=O)[C@H]1CC[C@@H](n2c(NC(=O)c3ccccc3)nc3ccc(CN4CCCCC4)cc32)CC1. The standard InChI is InChI=1S/C31H41N5O2/c1-31(2,3)34-29(38)24-13-15-25(16-14-24)36-27-20-22(21-35-18-8-5-9-19-35)12-17-26(27)32-30(36)33-28(37)23-10-6-4-7-11-23/h4,6-7,10-12,17,20,24-25H,5,8-9,13-16,18-19,21H2,1-3H3,(H,34,38)(H,32,33,37)/t24-,25+. The molecule has 7 nitrogen and oxygen atoms in total. The molecule has 0 unspecified atom stereocenters. The number of amides is 2. The molecule has 1 aliphatic carbocycles. The summed E-state index contributed by atoms with van der Waals surface area (Å²) in [5.74, 6) is 0.602. The van der Waals surface area contributed by atoms with E-state index in [1.54, 1.807) is 0 Å². The molecule has 1 saturated carbocycles. The first-order valence-corrected chi connectivity index (χ1v) is 14.2. The van der Waals surface area contributed by atoms with Gasteiger partial charge in [-0.15, -0.1) is 0 Å². The van der Waals surface area contributed by atoms with Gasteiger partial charge in [-0.1, -0.05) is 30.7 Å². The summed E-state index contributed by atoms with van der Waals surface area (Å²) in [5.41, 5.74) is 3.61. The van der Waals surface area contributed by atoms with Gasteiger partial charge in [0.1, 0.15) is 0 Å². The van der Waals surface area contributed by atoms with E-state index in [1.165, 1.54) is 24.8 Å². The first-order chi connectivity index (χ1) is 18.3. The fourth-order valence-electron chi connectivity index (χ4n) is 5.90. The third-order valence-corrected chi connectivity index (χ3v) is 7.80. The smallest absolute Gasteiger partial charge is 0.257 e. The van der Waals surface area contributed by atoms with Crippen molar-refractivity contribution in [3.63, 3.8) is 0 Å². The maximum atomic E-state index is 13.1. The highest BCUT2D eigenvalue weighted by Crippen LogP contribution is 2.37. The van der Waals surface area contributed by atoms with Gasteiger partial charge >= 0.3 is 0 Å². The van der Waals surface area contributed by atoms with Crippen molar-refractivity contribution in [3.05, 3.63) is 59.7 Å². The van der Waals surface area contributed by atoms with Gasteiger partial charge in [-0.3, -0.25) is 19.8 Å². The molecule has 2 amide bonds. The van der Waals surface area contributed by atoms with Crippen molar-refractivity contribution in [2.45, 2.75) is 83.8 Å². The zero-order chi connectivity index (χ0) is 26.7. The monoisotopic (exact) mass is 515 g/mol. The second kappa shape index (κ2) is 11.3. The fourth-order valence-corrected chi connectivity index (χ4v) is 5.90. The Labute approximate surface area is 226 Å². The summed E-state index contributed by atoms with van der Waals surface area (Å²) >= 11 is 0. The van der Waals surface area contributed by atoms with Crippen LogP contribution in [-0.2, 0) is 11.3 Å². The molecule has 38 heavy (non-hydrogen) atoms. The zero-order valence-corrected chi connectivity index (χ0v) is 23.0. The summed E-state index contributed by atoms with van der Waals surface area (Å²) in [7, 11) is 0. The molecule has 2 N–H and O–H groups in total. The molecular weight excluding hydrogens is 474 g/mol. The van der Waals surface area contributed by atoms with Gasteiger partial charge < -0.3 is 9.88 Å². The lowest BCUT2D eigenvalue weighted by Gasteiger charge is -2.32. The average Bonchev–Trinajstić information content (AvgIpc) is 3.26. The van der Waals surface area contributed by atoms with Crippen LogP contribution in [0.5, 0.6) is 0 Å². The van der Waals surface area contributed by atoms with Crippen LogP contribution in [0.25, 0.3) is 11.0 Å². The molecule has 2 aliphatic rings. The maximum absolute atomic E-state index is 13.1. The molecule has 0 spiro atoms. The Balaban J connectivity index is 1.42. The molecular formula is C31H41N5O2. The number of aromatic nitrogens is 2. The topological polar surface area (TPSA) is 79.3 Å². The van der Waals surface area contributed by atoms with Gasteiger partial charge in [0, 0.05) is 29.6 Å². The normalized spacial score (nSPS) is 20.8. The van der Waals surface area contributed by atoms with Gasteiger partial charge in [-0.2, -0.15) is 0 Å². The van der Waals surface area contributed by atoms with Crippen LogP contribution in [0.15, 0.2) is 48.5 Å². The van der Waals surface area contributed by atoms with Crippen molar-refractivity contribution in [1.82, 2.24) is 19.8 Å². The quantitative estimate of drug-likeness (QED) is 0.427. The van der Waals surface area contributed by atoms with E-state index >= 15 is 0 Å². The zero-order valence-electron chi connectivity index (χ0n) is 23.0. The summed E-state index contributed by atoms with van der Waals surface area (Å²) < 4.78 is 2.23. The molecule has 3 aromatic rings. The second-order valence-electron chi connectivity index (χ2n) is 12.0. The Morgan fingerprint density at radius 2 is 1.66 bits per heavy atom. The van der Waals surface area contributed by atoms with E-state index < -0.39 is 0 Å². The molecule has 0 radical (unpaired) electrons. The molecule has 5 rings (SSSR count). The predicted molar refractivity (Wildman–Crippen MR) is 152 cm³/mol. The molecule has 7 heteroatoms. The van der Waals surface area contributed by atoms with E-state index in [0.29, 0.717) is 11.5 Å². The molecule has 1 aromatic heterocycles. The van der Waals surface area contributed by atoms with Gasteiger partial charge in [0.05, 0.1) is 11.0 Å². The molecule has 1 saturated heterocycles.